The minimum atomic E-state index is -0.126. The van der Waals surface area contributed by atoms with Gasteiger partial charge in [0.1, 0.15) is 5.75 Å². The fourth-order valence-corrected chi connectivity index (χ4v) is 2.63. The number of likely N-dealkylation sites (tertiary alicyclic amines) is 1. The molecule has 23 heavy (non-hydrogen) atoms. The number of amides is 2. The predicted molar refractivity (Wildman–Crippen MR) is 90.5 cm³/mol. The van der Waals surface area contributed by atoms with Crippen molar-refractivity contribution in [1.82, 2.24) is 9.80 Å². The van der Waals surface area contributed by atoms with Gasteiger partial charge in [0.2, 0.25) is 11.8 Å². The summed E-state index contributed by atoms with van der Waals surface area (Å²) in [7, 11) is 3.30. The molecule has 0 saturated carbocycles. The monoisotopic (exact) mass is 336 g/mol. The van der Waals surface area contributed by atoms with Gasteiger partial charge >= 0.3 is 0 Å². The molecule has 1 aromatic carbocycles. The molecule has 5 nitrogen and oxygen atoms in total. The Hall–Kier alpha value is -2.01. The van der Waals surface area contributed by atoms with Crippen LogP contribution < -0.4 is 4.74 Å². The summed E-state index contributed by atoms with van der Waals surface area (Å²) in [6, 6.07) is 5.24. The standard InChI is InChI=1S/C17H21ClN2O3/c1-19(10-11-20-9-3-4-17(20)22)16(21)8-5-13-12-14(18)6-7-15(13)23-2/h5-8,12H,3-4,9-11H2,1-2H3. The van der Waals surface area contributed by atoms with Crippen LogP contribution >= 0.6 is 11.6 Å². The van der Waals surface area contributed by atoms with Crippen molar-refractivity contribution in [1.29, 1.82) is 0 Å². The first-order chi connectivity index (χ1) is 11.0. The number of benzene rings is 1. The van der Waals surface area contributed by atoms with Crippen molar-refractivity contribution in [3.05, 3.63) is 34.9 Å². The van der Waals surface area contributed by atoms with Crippen molar-refractivity contribution in [2.45, 2.75) is 12.8 Å². The molecule has 2 rings (SSSR count). The molecule has 0 aromatic heterocycles. The minimum absolute atomic E-state index is 0.126. The van der Waals surface area contributed by atoms with Gasteiger partial charge < -0.3 is 14.5 Å². The average Bonchev–Trinajstić information content (AvgIpc) is 2.95. The van der Waals surface area contributed by atoms with E-state index in [1.807, 2.05) is 0 Å². The second-order valence-corrected chi connectivity index (χ2v) is 5.90. The Labute approximate surface area is 141 Å². The maximum atomic E-state index is 12.1. The largest absolute Gasteiger partial charge is 0.496 e. The highest BCUT2D eigenvalue weighted by Gasteiger charge is 2.20. The molecule has 0 atom stereocenters. The molecular formula is C17H21ClN2O3. The van der Waals surface area contributed by atoms with Gasteiger partial charge in [-0.25, -0.2) is 0 Å². The molecule has 1 aromatic rings. The Balaban J connectivity index is 1.92. The van der Waals surface area contributed by atoms with Crippen molar-refractivity contribution in [2.75, 3.05) is 33.8 Å². The Morgan fingerprint density at radius 2 is 2.26 bits per heavy atom. The van der Waals surface area contributed by atoms with Crippen LogP contribution in [0.5, 0.6) is 5.75 Å². The summed E-state index contributed by atoms with van der Waals surface area (Å²) in [6.45, 7) is 1.88. The summed E-state index contributed by atoms with van der Waals surface area (Å²) in [5.74, 6) is 0.701. The summed E-state index contributed by atoms with van der Waals surface area (Å²) < 4.78 is 5.24. The van der Waals surface area contributed by atoms with Crippen LogP contribution in [0.25, 0.3) is 6.08 Å². The van der Waals surface area contributed by atoms with Crippen molar-refractivity contribution in [3.63, 3.8) is 0 Å². The first-order valence-electron chi connectivity index (χ1n) is 7.55. The Morgan fingerprint density at radius 1 is 1.48 bits per heavy atom. The highest BCUT2D eigenvalue weighted by molar-refractivity contribution is 6.30. The lowest BCUT2D eigenvalue weighted by molar-refractivity contribution is -0.130. The molecule has 0 spiro atoms. The van der Waals surface area contributed by atoms with E-state index < -0.39 is 0 Å². The molecule has 1 saturated heterocycles. The Kier molecular flexibility index (Phi) is 6.04. The van der Waals surface area contributed by atoms with Crippen molar-refractivity contribution < 1.29 is 14.3 Å². The van der Waals surface area contributed by atoms with Gasteiger partial charge in [-0.2, -0.15) is 0 Å². The number of hydrogen-bond donors (Lipinski definition) is 0. The first kappa shape index (κ1) is 17.3. The maximum absolute atomic E-state index is 12.1. The van der Waals surface area contributed by atoms with Crippen LogP contribution in [0.3, 0.4) is 0 Å². The number of rotatable bonds is 6. The zero-order valence-corrected chi connectivity index (χ0v) is 14.2. The van der Waals surface area contributed by atoms with Crippen LogP contribution in [0.1, 0.15) is 18.4 Å². The van der Waals surface area contributed by atoms with Crippen LogP contribution in [-0.2, 0) is 9.59 Å². The maximum Gasteiger partial charge on any atom is 0.246 e. The molecule has 1 heterocycles. The van der Waals surface area contributed by atoms with E-state index in [0.717, 1.165) is 18.5 Å². The molecule has 0 aliphatic carbocycles. The van der Waals surface area contributed by atoms with Gasteiger partial charge in [-0.3, -0.25) is 9.59 Å². The van der Waals surface area contributed by atoms with Crippen molar-refractivity contribution >= 4 is 29.5 Å². The van der Waals surface area contributed by atoms with E-state index in [4.69, 9.17) is 16.3 Å². The number of hydrogen-bond acceptors (Lipinski definition) is 3. The van der Waals surface area contributed by atoms with E-state index in [1.54, 1.807) is 48.2 Å². The van der Waals surface area contributed by atoms with Gasteiger partial charge in [0.25, 0.3) is 0 Å². The summed E-state index contributed by atoms with van der Waals surface area (Å²) >= 11 is 5.97. The zero-order chi connectivity index (χ0) is 16.8. The third kappa shape index (κ3) is 4.73. The second-order valence-electron chi connectivity index (χ2n) is 5.46. The lowest BCUT2D eigenvalue weighted by Crippen LogP contribution is -2.36. The number of halogens is 1. The van der Waals surface area contributed by atoms with Crippen LogP contribution in [0.15, 0.2) is 24.3 Å². The second kappa shape index (κ2) is 8.02. The third-order valence-electron chi connectivity index (χ3n) is 3.85. The van der Waals surface area contributed by atoms with Crippen LogP contribution in [0.2, 0.25) is 5.02 Å². The summed E-state index contributed by atoms with van der Waals surface area (Å²) in [4.78, 5) is 27.1. The molecule has 0 bridgehead atoms. The first-order valence-corrected chi connectivity index (χ1v) is 7.93. The van der Waals surface area contributed by atoms with Crippen LogP contribution in [0, 0.1) is 0 Å². The van der Waals surface area contributed by atoms with Gasteiger partial charge in [0.05, 0.1) is 7.11 Å². The minimum Gasteiger partial charge on any atom is -0.496 e. The number of likely N-dealkylation sites (N-methyl/N-ethyl adjacent to an activating group) is 1. The fourth-order valence-electron chi connectivity index (χ4n) is 2.45. The van der Waals surface area contributed by atoms with E-state index in [0.29, 0.717) is 30.3 Å². The molecule has 0 unspecified atom stereocenters. The molecule has 6 heteroatoms. The van der Waals surface area contributed by atoms with Gasteiger partial charge in [0, 0.05) is 49.8 Å². The van der Waals surface area contributed by atoms with E-state index >= 15 is 0 Å². The fraction of sp³-hybridized carbons (Fsp3) is 0.412. The smallest absolute Gasteiger partial charge is 0.246 e. The Morgan fingerprint density at radius 3 is 2.91 bits per heavy atom. The van der Waals surface area contributed by atoms with E-state index in [-0.39, 0.29) is 11.8 Å². The molecular weight excluding hydrogens is 316 g/mol. The molecule has 1 fully saturated rings. The quantitative estimate of drug-likeness (QED) is 0.750. The van der Waals surface area contributed by atoms with Crippen LogP contribution in [0.4, 0.5) is 0 Å². The molecule has 1 aliphatic rings. The highest BCUT2D eigenvalue weighted by Crippen LogP contribution is 2.23. The van der Waals surface area contributed by atoms with Crippen molar-refractivity contribution in [2.24, 2.45) is 0 Å². The molecule has 2 amide bonds. The van der Waals surface area contributed by atoms with Gasteiger partial charge in [-0.05, 0) is 30.7 Å². The van der Waals surface area contributed by atoms with Crippen molar-refractivity contribution in [3.8, 4) is 5.75 Å². The van der Waals surface area contributed by atoms with E-state index in [2.05, 4.69) is 0 Å². The molecule has 0 radical (unpaired) electrons. The van der Waals surface area contributed by atoms with E-state index in [1.165, 1.54) is 6.08 Å². The topological polar surface area (TPSA) is 49.9 Å². The van der Waals surface area contributed by atoms with Gasteiger partial charge in [-0.1, -0.05) is 11.6 Å². The third-order valence-corrected chi connectivity index (χ3v) is 4.09. The highest BCUT2D eigenvalue weighted by atomic mass is 35.5. The molecule has 1 aliphatic heterocycles. The molecule has 124 valence electrons. The lowest BCUT2D eigenvalue weighted by Gasteiger charge is -2.20. The summed E-state index contributed by atoms with van der Waals surface area (Å²) in [6.07, 6.45) is 4.70. The normalized spacial score (nSPS) is 14.6. The number of nitrogens with zero attached hydrogens (tertiary/aromatic N) is 2. The zero-order valence-electron chi connectivity index (χ0n) is 13.4. The van der Waals surface area contributed by atoms with Crippen LogP contribution in [-0.4, -0.2) is 55.4 Å². The number of carbonyl (C=O) groups is 2. The SMILES string of the molecule is COc1ccc(Cl)cc1C=CC(=O)N(C)CCN1CCCC1=O. The van der Waals surface area contributed by atoms with Gasteiger partial charge in [-0.15, -0.1) is 0 Å². The number of ether oxygens (including phenoxy) is 1. The average molecular weight is 337 g/mol. The molecule has 0 N–H and O–H groups in total. The van der Waals surface area contributed by atoms with Gasteiger partial charge in [0.15, 0.2) is 0 Å². The number of methoxy groups -OCH3 is 1. The number of carbonyl (C=O) groups excluding carboxylic acids is 2. The Bertz CT molecular complexity index is 616. The summed E-state index contributed by atoms with van der Waals surface area (Å²) in [5.41, 5.74) is 0.747. The lowest BCUT2D eigenvalue weighted by atomic mass is 10.2. The summed E-state index contributed by atoms with van der Waals surface area (Å²) in [5, 5.41) is 0.582. The van der Waals surface area contributed by atoms with E-state index in [9.17, 15) is 9.59 Å². The predicted octanol–water partition coefficient (Wildman–Crippen LogP) is 2.44.